The van der Waals surface area contributed by atoms with E-state index in [1.807, 2.05) is 0 Å². The number of hydrogen-bond acceptors (Lipinski definition) is 4. The highest BCUT2D eigenvalue weighted by atomic mass is 32.2. The van der Waals surface area contributed by atoms with Crippen molar-refractivity contribution in [2.24, 2.45) is 0 Å². The van der Waals surface area contributed by atoms with Crippen molar-refractivity contribution in [3.63, 3.8) is 0 Å². The minimum atomic E-state index is -4.33. The van der Waals surface area contributed by atoms with Crippen LogP contribution in [-0.4, -0.2) is 56.7 Å². The fraction of sp³-hybridized carbons (Fsp3) is 1.00. The Balaban J connectivity index is 2.49. The van der Waals surface area contributed by atoms with Gasteiger partial charge in [0.25, 0.3) is 10.2 Å². The number of halogens is 3. The number of piperidine rings is 1. The molecule has 0 aromatic rings. The van der Waals surface area contributed by atoms with Gasteiger partial charge in [-0.15, -0.1) is 0 Å². The molecule has 0 bridgehead atoms. The Morgan fingerprint density at radius 1 is 1.35 bits per heavy atom. The smallest absolute Gasteiger partial charge is 0.318 e. The molecular weight excluding hydrogens is 315 g/mol. The summed E-state index contributed by atoms with van der Waals surface area (Å²) in [5, 5.41) is 2.94. The van der Waals surface area contributed by atoms with E-state index in [-0.39, 0.29) is 30.1 Å². The van der Waals surface area contributed by atoms with Crippen molar-refractivity contribution in [2.45, 2.75) is 30.8 Å². The van der Waals surface area contributed by atoms with E-state index in [0.29, 0.717) is 13.1 Å². The molecule has 0 saturated carbocycles. The van der Waals surface area contributed by atoms with Gasteiger partial charge in [-0.05, 0) is 31.7 Å². The van der Waals surface area contributed by atoms with Crippen molar-refractivity contribution < 1.29 is 21.6 Å². The summed E-state index contributed by atoms with van der Waals surface area (Å²) in [6.45, 7) is 0.724. The molecule has 2 N–H and O–H groups in total. The molecule has 120 valence electrons. The van der Waals surface area contributed by atoms with Gasteiger partial charge in [0.2, 0.25) is 0 Å². The van der Waals surface area contributed by atoms with Crippen molar-refractivity contribution in [1.82, 2.24) is 14.3 Å². The second-order valence-corrected chi connectivity index (χ2v) is 7.38. The Kier molecular flexibility index (Phi) is 7.06. The highest BCUT2D eigenvalue weighted by Gasteiger charge is 2.32. The molecule has 1 unspecified atom stereocenters. The SMILES string of the molecule is CNCC1CCCCN1S(=O)(=O)NCCSC(F)(F)F. The van der Waals surface area contributed by atoms with Gasteiger partial charge >= 0.3 is 5.51 Å². The summed E-state index contributed by atoms with van der Waals surface area (Å²) >= 11 is -0.226. The molecule has 1 fully saturated rings. The Morgan fingerprint density at radius 2 is 2.05 bits per heavy atom. The van der Waals surface area contributed by atoms with E-state index < -0.39 is 15.7 Å². The maximum absolute atomic E-state index is 12.1. The second kappa shape index (κ2) is 7.83. The molecule has 0 spiro atoms. The molecule has 20 heavy (non-hydrogen) atoms. The minimum absolute atomic E-state index is 0.137. The lowest BCUT2D eigenvalue weighted by molar-refractivity contribution is -0.0327. The molecule has 0 radical (unpaired) electrons. The van der Waals surface area contributed by atoms with Crippen molar-refractivity contribution in [1.29, 1.82) is 0 Å². The third-order valence-corrected chi connectivity index (χ3v) is 5.38. The minimum Gasteiger partial charge on any atom is -0.318 e. The lowest BCUT2D eigenvalue weighted by atomic mass is 10.1. The highest BCUT2D eigenvalue weighted by Crippen LogP contribution is 2.29. The van der Waals surface area contributed by atoms with Gasteiger partial charge in [0.05, 0.1) is 0 Å². The van der Waals surface area contributed by atoms with Crippen LogP contribution in [0.3, 0.4) is 0 Å². The van der Waals surface area contributed by atoms with Crippen LogP contribution in [0, 0.1) is 0 Å². The van der Waals surface area contributed by atoms with Gasteiger partial charge < -0.3 is 5.32 Å². The zero-order valence-electron chi connectivity index (χ0n) is 11.2. The quantitative estimate of drug-likeness (QED) is 0.685. The predicted octanol–water partition coefficient (Wildman–Crippen LogP) is 1.15. The number of nitrogens with zero attached hydrogens (tertiary/aromatic N) is 1. The monoisotopic (exact) mass is 335 g/mol. The first-order chi connectivity index (χ1) is 9.26. The average Bonchev–Trinajstić information content (AvgIpc) is 2.35. The van der Waals surface area contributed by atoms with Gasteiger partial charge in [-0.1, -0.05) is 6.42 Å². The summed E-state index contributed by atoms with van der Waals surface area (Å²) in [4.78, 5) is 0. The predicted molar refractivity (Wildman–Crippen MR) is 73.7 cm³/mol. The summed E-state index contributed by atoms with van der Waals surface area (Å²) in [5.41, 5.74) is -4.33. The summed E-state index contributed by atoms with van der Waals surface area (Å²) in [5.74, 6) is -0.326. The highest BCUT2D eigenvalue weighted by molar-refractivity contribution is 8.00. The summed E-state index contributed by atoms with van der Waals surface area (Å²) < 4.78 is 63.7. The number of hydrogen-bond donors (Lipinski definition) is 2. The van der Waals surface area contributed by atoms with E-state index in [0.717, 1.165) is 19.3 Å². The average molecular weight is 335 g/mol. The van der Waals surface area contributed by atoms with Crippen LogP contribution in [0.2, 0.25) is 0 Å². The van der Waals surface area contributed by atoms with E-state index in [1.165, 1.54) is 4.31 Å². The molecule has 0 aromatic carbocycles. The fourth-order valence-electron chi connectivity index (χ4n) is 2.15. The largest absolute Gasteiger partial charge is 0.441 e. The van der Waals surface area contributed by atoms with Crippen LogP contribution in [-0.2, 0) is 10.2 Å². The maximum Gasteiger partial charge on any atom is 0.441 e. The normalized spacial score (nSPS) is 22.1. The molecule has 1 atom stereocenters. The van der Waals surface area contributed by atoms with Crippen LogP contribution >= 0.6 is 11.8 Å². The van der Waals surface area contributed by atoms with Gasteiger partial charge in [0, 0.05) is 31.4 Å². The van der Waals surface area contributed by atoms with Gasteiger partial charge in [-0.3, -0.25) is 0 Å². The molecule has 0 aliphatic carbocycles. The number of likely N-dealkylation sites (N-methyl/N-ethyl adjacent to an activating group) is 1. The van der Waals surface area contributed by atoms with E-state index in [9.17, 15) is 21.6 Å². The third kappa shape index (κ3) is 6.17. The first kappa shape index (κ1) is 18.0. The zero-order chi connectivity index (χ0) is 15.2. The zero-order valence-corrected chi connectivity index (χ0v) is 12.9. The van der Waals surface area contributed by atoms with Crippen LogP contribution in [0.25, 0.3) is 0 Å². The molecule has 1 rings (SSSR count). The van der Waals surface area contributed by atoms with Crippen LogP contribution in [0.5, 0.6) is 0 Å². The first-order valence-electron chi connectivity index (χ1n) is 6.38. The molecular formula is C10H20F3N3O2S2. The molecule has 1 saturated heterocycles. The molecule has 1 heterocycles. The number of rotatable bonds is 7. The van der Waals surface area contributed by atoms with Gasteiger partial charge in [-0.25, -0.2) is 4.72 Å². The van der Waals surface area contributed by atoms with Gasteiger partial charge in [-0.2, -0.15) is 25.9 Å². The fourth-order valence-corrected chi connectivity index (χ4v) is 4.18. The summed E-state index contributed by atoms with van der Waals surface area (Å²) in [7, 11) is -1.97. The summed E-state index contributed by atoms with van der Waals surface area (Å²) in [6, 6.07) is -0.137. The van der Waals surface area contributed by atoms with Crippen molar-refractivity contribution in [3.05, 3.63) is 0 Å². The van der Waals surface area contributed by atoms with Crippen LogP contribution in [0.15, 0.2) is 0 Å². The molecule has 5 nitrogen and oxygen atoms in total. The molecule has 0 amide bonds. The van der Waals surface area contributed by atoms with E-state index >= 15 is 0 Å². The standard InChI is InChI=1S/C10H20F3N3O2S2/c1-14-8-9-4-2-3-6-16(9)20(17,18)15-5-7-19-10(11,12)13/h9,14-15H,2-8H2,1H3. The van der Waals surface area contributed by atoms with Crippen molar-refractivity contribution in [3.8, 4) is 0 Å². The van der Waals surface area contributed by atoms with Crippen LogP contribution in [0.4, 0.5) is 13.2 Å². The number of alkyl halides is 3. The second-order valence-electron chi connectivity index (χ2n) is 4.51. The lowest BCUT2D eigenvalue weighted by Gasteiger charge is -2.34. The Bertz CT molecular complexity index is 388. The lowest BCUT2D eigenvalue weighted by Crippen LogP contribution is -2.52. The van der Waals surface area contributed by atoms with Crippen molar-refractivity contribution in [2.75, 3.05) is 32.4 Å². The first-order valence-corrected chi connectivity index (χ1v) is 8.80. The molecule has 10 heteroatoms. The van der Waals surface area contributed by atoms with Crippen molar-refractivity contribution >= 4 is 22.0 Å². The Hall–Kier alpha value is -0.0300. The van der Waals surface area contributed by atoms with Gasteiger partial charge in [0.15, 0.2) is 0 Å². The van der Waals surface area contributed by atoms with E-state index in [4.69, 9.17) is 0 Å². The Labute approximate surface area is 121 Å². The van der Waals surface area contributed by atoms with E-state index in [2.05, 4.69) is 10.0 Å². The topological polar surface area (TPSA) is 61.4 Å². The number of nitrogens with one attached hydrogen (secondary N) is 2. The van der Waals surface area contributed by atoms with E-state index in [1.54, 1.807) is 7.05 Å². The third-order valence-electron chi connectivity index (χ3n) is 2.97. The molecule has 1 aliphatic rings. The van der Waals surface area contributed by atoms with Crippen LogP contribution in [0.1, 0.15) is 19.3 Å². The van der Waals surface area contributed by atoms with Crippen LogP contribution < -0.4 is 10.0 Å². The molecule has 0 aromatic heterocycles. The van der Waals surface area contributed by atoms with Gasteiger partial charge in [0.1, 0.15) is 0 Å². The maximum atomic E-state index is 12.1. The Morgan fingerprint density at radius 3 is 2.65 bits per heavy atom. The summed E-state index contributed by atoms with van der Waals surface area (Å²) in [6.07, 6.45) is 2.50. The molecule has 1 aliphatic heterocycles. The number of thioether (sulfide) groups is 1.